The zero-order chi connectivity index (χ0) is 23.6. The van der Waals surface area contributed by atoms with Gasteiger partial charge in [-0.05, 0) is 64.2 Å². The number of fused-ring (bicyclic) bond motifs is 6. The minimum Gasteiger partial charge on any atom is -0.456 e. The maximum absolute atomic E-state index is 6.13. The molecule has 0 saturated carbocycles. The van der Waals surface area contributed by atoms with Crippen LogP contribution < -0.4 is 5.32 Å². The molecule has 1 N–H and O–H groups in total. The molecule has 35 heavy (non-hydrogen) atoms. The van der Waals surface area contributed by atoms with Crippen LogP contribution in [0.1, 0.15) is 25.0 Å². The van der Waals surface area contributed by atoms with Crippen LogP contribution in [0.15, 0.2) is 114 Å². The molecule has 0 radical (unpaired) electrons. The molecule has 0 unspecified atom stereocenters. The Hall–Kier alpha value is -4.30. The molecule has 1 heterocycles. The van der Waals surface area contributed by atoms with Crippen molar-refractivity contribution in [2.24, 2.45) is 0 Å². The van der Waals surface area contributed by atoms with Crippen molar-refractivity contribution in [3.8, 4) is 22.3 Å². The number of para-hydroxylation sites is 1. The summed E-state index contributed by atoms with van der Waals surface area (Å²) in [6, 6.07) is 38.7. The lowest BCUT2D eigenvalue weighted by atomic mass is 9.82. The minimum absolute atomic E-state index is 0.00649. The quantitative estimate of drug-likeness (QED) is 0.290. The fourth-order valence-corrected chi connectivity index (χ4v) is 5.70. The van der Waals surface area contributed by atoms with E-state index in [2.05, 4.69) is 116 Å². The van der Waals surface area contributed by atoms with Gasteiger partial charge in [0.15, 0.2) is 0 Å². The van der Waals surface area contributed by atoms with Crippen molar-refractivity contribution in [2.45, 2.75) is 19.3 Å². The third-order valence-electron chi connectivity index (χ3n) is 7.46. The van der Waals surface area contributed by atoms with E-state index in [9.17, 15) is 0 Å². The van der Waals surface area contributed by atoms with Gasteiger partial charge in [-0.25, -0.2) is 0 Å². The van der Waals surface area contributed by atoms with Crippen molar-refractivity contribution in [1.82, 2.24) is 0 Å². The van der Waals surface area contributed by atoms with E-state index < -0.39 is 0 Å². The maximum Gasteiger partial charge on any atom is 0.136 e. The Labute approximate surface area is 204 Å². The van der Waals surface area contributed by atoms with Gasteiger partial charge in [0.2, 0.25) is 0 Å². The van der Waals surface area contributed by atoms with Gasteiger partial charge in [0.05, 0.1) is 0 Å². The van der Waals surface area contributed by atoms with Crippen molar-refractivity contribution >= 4 is 33.3 Å². The molecular weight excluding hydrogens is 426 g/mol. The highest BCUT2D eigenvalue weighted by Crippen LogP contribution is 2.51. The van der Waals surface area contributed by atoms with Crippen molar-refractivity contribution in [3.05, 3.63) is 120 Å². The smallest absolute Gasteiger partial charge is 0.136 e. The molecule has 0 amide bonds. The van der Waals surface area contributed by atoms with Crippen LogP contribution >= 0.6 is 0 Å². The maximum atomic E-state index is 6.13. The Kier molecular flexibility index (Phi) is 4.22. The Morgan fingerprint density at radius 2 is 1.34 bits per heavy atom. The van der Waals surface area contributed by atoms with Gasteiger partial charge < -0.3 is 9.73 Å². The Morgan fingerprint density at radius 1 is 0.600 bits per heavy atom. The summed E-state index contributed by atoms with van der Waals surface area (Å²) in [5.41, 5.74) is 11.7. The lowest BCUT2D eigenvalue weighted by molar-refractivity contribution is 0.660. The normalized spacial score (nSPS) is 13.7. The second-order valence-electron chi connectivity index (χ2n) is 9.91. The summed E-state index contributed by atoms with van der Waals surface area (Å²) in [6.45, 7) is 4.63. The predicted molar refractivity (Wildman–Crippen MR) is 146 cm³/mol. The molecule has 0 spiro atoms. The lowest BCUT2D eigenvalue weighted by Crippen LogP contribution is -2.14. The number of rotatable bonds is 3. The number of benzene rings is 5. The van der Waals surface area contributed by atoms with Crippen LogP contribution in [0.2, 0.25) is 0 Å². The summed E-state index contributed by atoms with van der Waals surface area (Å²) in [7, 11) is 0. The van der Waals surface area contributed by atoms with Crippen LogP contribution in [0.25, 0.3) is 44.2 Å². The molecule has 0 saturated heterocycles. The fourth-order valence-electron chi connectivity index (χ4n) is 5.70. The number of nitrogens with one attached hydrogen (secondary N) is 1. The first-order valence-corrected chi connectivity index (χ1v) is 12.1. The number of hydrogen-bond donors (Lipinski definition) is 1. The molecule has 168 valence electrons. The molecule has 5 aromatic carbocycles. The molecule has 1 aromatic heterocycles. The summed E-state index contributed by atoms with van der Waals surface area (Å²) < 4.78 is 6.13. The first-order chi connectivity index (χ1) is 17.1. The molecule has 0 bridgehead atoms. The zero-order valence-electron chi connectivity index (χ0n) is 19.8. The van der Waals surface area contributed by atoms with Gasteiger partial charge >= 0.3 is 0 Å². The van der Waals surface area contributed by atoms with E-state index in [-0.39, 0.29) is 5.41 Å². The van der Waals surface area contributed by atoms with E-state index >= 15 is 0 Å². The molecule has 6 aromatic rings. The molecule has 7 rings (SSSR count). The number of anilines is 2. The molecule has 0 atom stereocenters. The van der Waals surface area contributed by atoms with Crippen LogP contribution in [0.3, 0.4) is 0 Å². The van der Waals surface area contributed by atoms with Crippen molar-refractivity contribution < 1.29 is 4.42 Å². The Morgan fingerprint density at radius 3 is 2.29 bits per heavy atom. The molecule has 0 aliphatic heterocycles. The first kappa shape index (κ1) is 20.1. The van der Waals surface area contributed by atoms with E-state index in [1.807, 2.05) is 12.1 Å². The van der Waals surface area contributed by atoms with Gasteiger partial charge in [-0.2, -0.15) is 0 Å². The van der Waals surface area contributed by atoms with Crippen LogP contribution in [0, 0.1) is 0 Å². The predicted octanol–water partition coefficient (Wildman–Crippen LogP) is 9.30. The summed E-state index contributed by atoms with van der Waals surface area (Å²) in [5, 5.41) is 6.04. The third kappa shape index (κ3) is 3.03. The molecule has 2 heteroatoms. The summed E-state index contributed by atoms with van der Waals surface area (Å²) in [4.78, 5) is 0. The minimum atomic E-state index is -0.00649. The van der Waals surface area contributed by atoms with Gasteiger partial charge in [-0.15, -0.1) is 0 Å². The molecular formula is C33H25NO. The van der Waals surface area contributed by atoms with Crippen molar-refractivity contribution in [3.63, 3.8) is 0 Å². The molecule has 1 aliphatic carbocycles. The SMILES string of the molecule is CC1(C)c2ccccc2-c2c(Nc3cccc(-c4ccc5c(c4)oc4ccccc45)c3)cccc21. The van der Waals surface area contributed by atoms with E-state index in [4.69, 9.17) is 4.42 Å². The van der Waals surface area contributed by atoms with Crippen molar-refractivity contribution in [2.75, 3.05) is 5.32 Å². The Bertz CT molecular complexity index is 1750. The summed E-state index contributed by atoms with van der Waals surface area (Å²) in [6.07, 6.45) is 0. The average molecular weight is 452 g/mol. The van der Waals surface area contributed by atoms with Gasteiger partial charge in [0.25, 0.3) is 0 Å². The standard InChI is InChI=1S/C33H25NO/c1-33(2)27-13-5-3-12-26(27)32-28(33)14-8-15-29(32)34-23-10-7-9-21(19-23)22-17-18-25-24-11-4-6-16-30(24)35-31(25)20-22/h3-20,34H,1-2H3. The monoisotopic (exact) mass is 451 g/mol. The van der Waals surface area contributed by atoms with Crippen LogP contribution in [-0.2, 0) is 5.41 Å². The second-order valence-corrected chi connectivity index (χ2v) is 9.91. The van der Waals surface area contributed by atoms with E-state index in [0.29, 0.717) is 0 Å². The highest BCUT2D eigenvalue weighted by Gasteiger charge is 2.36. The highest BCUT2D eigenvalue weighted by molar-refractivity contribution is 6.05. The first-order valence-electron chi connectivity index (χ1n) is 12.1. The molecule has 0 fully saturated rings. The third-order valence-corrected chi connectivity index (χ3v) is 7.46. The topological polar surface area (TPSA) is 25.2 Å². The van der Waals surface area contributed by atoms with Gasteiger partial charge in [0.1, 0.15) is 11.2 Å². The van der Waals surface area contributed by atoms with Crippen LogP contribution in [0.4, 0.5) is 11.4 Å². The fraction of sp³-hybridized carbons (Fsp3) is 0.0909. The highest BCUT2D eigenvalue weighted by atomic mass is 16.3. The summed E-state index contributed by atoms with van der Waals surface area (Å²) >= 11 is 0. The number of furan rings is 1. The molecule has 2 nitrogen and oxygen atoms in total. The van der Waals surface area contributed by atoms with E-state index in [1.165, 1.54) is 22.3 Å². The van der Waals surface area contributed by atoms with Gasteiger partial charge in [-0.1, -0.05) is 86.6 Å². The lowest BCUT2D eigenvalue weighted by Gasteiger charge is -2.21. The molecule has 1 aliphatic rings. The Balaban J connectivity index is 1.29. The van der Waals surface area contributed by atoms with Crippen LogP contribution in [0.5, 0.6) is 0 Å². The van der Waals surface area contributed by atoms with Gasteiger partial charge in [-0.3, -0.25) is 0 Å². The van der Waals surface area contributed by atoms with E-state index in [1.54, 1.807) is 0 Å². The largest absolute Gasteiger partial charge is 0.456 e. The number of hydrogen-bond acceptors (Lipinski definition) is 2. The second kappa shape index (κ2) is 7.35. The van der Waals surface area contributed by atoms with E-state index in [0.717, 1.165) is 44.4 Å². The zero-order valence-corrected chi connectivity index (χ0v) is 19.8. The summed E-state index contributed by atoms with van der Waals surface area (Å²) in [5.74, 6) is 0. The average Bonchev–Trinajstić information content (AvgIpc) is 3.37. The van der Waals surface area contributed by atoms with Crippen LogP contribution in [-0.4, -0.2) is 0 Å². The van der Waals surface area contributed by atoms with Crippen molar-refractivity contribution in [1.29, 1.82) is 0 Å². The van der Waals surface area contributed by atoms with Gasteiger partial charge in [0, 0.05) is 33.1 Å².